The molecule has 0 bridgehead atoms. The lowest BCUT2D eigenvalue weighted by molar-refractivity contribution is -0.141. The van der Waals surface area contributed by atoms with Crippen molar-refractivity contribution < 1.29 is 19.2 Å². The van der Waals surface area contributed by atoms with Crippen LogP contribution < -0.4 is 4.74 Å². The predicted molar refractivity (Wildman–Crippen MR) is 141 cm³/mol. The molecule has 4 aromatic rings. The fraction of sp³-hybridized carbons (Fsp3) is 0.286. The standard InChI is InChI=1S/C28H26N4O4.ClH/c1-17(2)35-25-10-8-18(13-21(25)14-29)27-30-26(31-36-27)24-9-7-19(22-5-3-4-6-23(22)24)15-32-12-11-20(16-32)28(33)34;/h3-10,13,17,20H,11-12,15-16H2,1-2H3,(H,33,34);1H. The molecule has 0 radical (unpaired) electrons. The molecule has 37 heavy (non-hydrogen) atoms. The van der Waals surface area contributed by atoms with Gasteiger partial charge in [0.2, 0.25) is 5.82 Å². The monoisotopic (exact) mass is 518 g/mol. The molecule has 1 unspecified atom stereocenters. The number of carbonyl (C=O) groups is 1. The first-order valence-electron chi connectivity index (χ1n) is 11.9. The van der Waals surface area contributed by atoms with E-state index in [-0.39, 0.29) is 24.4 Å². The predicted octanol–water partition coefficient (Wildman–Crippen LogP) is 5.54. The molecule has 190 valence electrons. The summed E-state index contributed by atoms with van der Waals surface area (Å²) < 4.78 is 11.3. The van der Waals surface area contributed by atoms with E-state index >= 15 is 0 Å². The molecular formula is C28H27ClN4O4. The third-order valence-electron chi connectivity index (χ3n) is 6.41. The molecule has 1 aliphatic heterocycles. The average molecular weight is 519 g/mol. The molecule has 0 amide bonds. The van der Waals surface area contributed by atoms with E-state index in [1.54, 1.807) is 18.2 Å². The summed E-state index contributed by atoms with van der Waals surface area (Å²) in [6, 6.07) is 19.5. The summed E-state index contributed by atoms with van der Waals surface area (Å²) in [4.78, 5) is 18.2. The van der Waals surface area contributed by atoms with Crippen LogP contribution in [0.25, 0.3) is 33.6 Å². The van der Waals surface area contributed by atoms with Gasteiger partial charge in [-0.1, -0.05) is 41.6 Å². The highest BCUT2D eigenvalue weighted by atomic mass is 35.5. The van der Waals surface area contributed by atoms with Crippen LogP contribution in [-0.2, 0) is 11.3 Å². The lowest BCUT2D eigenvalue weighted by Crippen LogP contribution is -2.22. The second-order valence-corrected chi connectivity index (χ2v) is 9.29. The third kappa shape index (κ3) is 5.43. The SMILES string of the molecule is CC(C)Oc1ccc(-c2nc(-c3ccc(CN4CCC(C(=O)O)C4)c4ccccc34)no2)cc1C#N.Cl. The summed E-state index contributed by atoms with van der Waals surface area (Å²) in [5.41, 5.74) is 3.02. The van der Waals surface area contributed by atoms with Crippen molar-refractivity contribution in [1.82, 2.24) is 15.0 Å². The Labute approximate surface area is 220 Å². The van der Waals surface area contributed by atoms with E-state index in [2.05, 4.69) is 27.2 Å². The van der Waals surface area contributed by atoms with Crippen molar-refractivity contribution in [2.45, 2.75) is 32.9 Å². The topological polar surface area (TPSA) is 112 Å². The summed E-state index contributed by atoms with van der Waals surface area (Å²) in [6.45, 7) is 5.84. The molecule has 1 aromatic heterocycles. The molecule has 1 N–H and O–H groups in total. The van der Waals surface area contributed by atoms with Gasteiger partial charge in [-0.15, -0.1) is 12.4 Å². The number of halogens is 1. The minimum absolute atomic E-state index is 0. The van der Waals surface area contributed by atoms with Crippen molar-refractivity contribution in [2.75, 3.05) is 13.1 Å². The van der Waals surface area contributed by atoms with Crippen molar-refractivity contribution in [1.29, 1.82) is 5.26 Å². The van der Waals surface area contributed by atoms with Crippen molar-refractivity contribution in [2.24, 2.45) is 5.92 Å². The van der Waals surface area contributed by atoms with Gasteiger partial charge in [0.1, 0.15) is 11.8 Å². The second kappa shape index (κ2) is 11.0. The number of ether oxygens (including phenoxy) is 1. The highest BCUT2D eigenvalue weighted by Crippen LogP contribution is 2.33. The van der Waals surface area contributed by atoms with Gasteiger partial charge in [-0.3, -0.25) is 9.69 Å². The van der Waals surface area contributed by atoms with Crippen molar-refractivity contribution in [3.05, 3.63) is 65.7 Å². The maximum absolute atomic E-state index is 11.3. The first kappa shape index (κ1) is 26.1. The second-order valence-electron chi connectivity index (χ2n) is 9.29. The molecule has 5 rings (SSSR count). The summed E-state index contributed by atoms with van der Waals surface area (Å²) in [6.07, 6.45) is 0.632. The zero-order valence-electron chi connectivity index (χ0n) is 20.5. The van der Waals surface area contributed by atoms with Crippen LogP contribution in [0, 0.1) is 17.2 Å². The van der Waals surface area contributed by atoms with E-state index in [4.69, 9.17) is 9.26 Å². The molecule has 0 saturated carbocycles. The number of hydrogen-bond donors (Lipinski definition) is 1. The van der Waals surface area contributed by atoms with Crippen LogP contribution in [0.4, 0.5) is 0 Å². The van der Waals surface area contributed by atoms with Crippen LogP contribution in [0.5, 0.6) is 5.75 Å². The summed E-state index contributed by atoms with van der Waals surface area (Å²) >= 11 is 0. The maximum atomic E-state index is 11.3. The molecule has 9 heteroatoms. The van der Waals surface area contributed by atoms with Gasteiger partial charge in [-0.2, -0.15) is 10.2 Å². The zero-order chi connectivity index (χ0) is 25.2. The fourth-order valence-electron chi connectivity index (χ4n) is 4.67. The smallest absolute Gasteiger partial charge is 0.307 e. The minimum atomic E-state index is -0.727. The molecule has 0 spiro atoms. The molecule has 8 nitrogen and oxygen atoms in total. The van der Waals surface area contributed by atoms with Gasteiger partial charge in [0.25, 0.3) is 5.89 Å². The normalized spacial score (nSPS) is 15.5. The molecule has 0 aliphatic carbocycles. The van der Waals surface area contributed by atoms with Gasteiger partial charge in [0.15, 0.2) is 0 Å². The van der Waals surface area contributed by atoms with Crippen LogP contribution in [-0.4, -0.2) is 45.3 Å². The lowest BCUT2D eigenvalue weighted by atomic mass is 9.98. The Balaban J connectivity index is 0.00000320. The number of aromatic nitrogens is 2. The molecule has 1 atom stereocenters. The number of fused-ring (bicyclic) bond motifs is 1. The van der Waals surface area contributed by atoms with Gasteiger partial charge >= 0.3 is 5.97 Å². The van der Waals surface area contributed by atoms with Gasteiger partial charge in [0.05, 0.1) is 17.6 Å². The Hall–Kier alpha value is -3.93. The fourth-order valence-corrected chi connectivity index (χ4v) is 4.67. The minimum Gasteiger partial charge on any atom is -0.490 e. The number of aliphatic carboxylic acids is 1. The van der Waals surface area contributed by atoms with Gasteiger partial charge in [-0.05, 0) is 61.3 Å². The third-order valence-corrected chi connectivity index (χ3v) is 6.41. The molecule has 1 aliphatic rings. The van der Waals surface area contributed by atoms with Crippen molar-refractivity contribution in [3.63, 3.8) is 0 Å². The van der Waals surface area contributed by atoms with Gasteiger partial charge in [-0.25, -0.2) is 0 Å². The van der Waals surface area contributed by atoms with E-state index in [1.165, 1.54) is 0 Å². The maximum Gasteiger partial charge on any atom is 0.307 e. The Morgan fingerprint density at radius 1 is 1.22 bits per heavy atom. The average Bonchev–Trinajstić information content (AvgIpc) is 3.55. The number of nitriles is 1. The van der Waals surface area contributed by atoms with Crippen molar-refractivity contribution >= 4 is 29.1 Å². The Morgan fingerprint density at radius 3 is 2.70 bits per heavy atom. The van der Waals surface area contributed by atoms with E-state index < -0.39 is 5.97 Å². The molecule has 2 heterocycles. The van der Waals surface area contributed by atoms with Crippen LogP contribution in [0.15, 0.2) is 59.1 Å². The lowest BCUT2D eigenvalue weighted by Gasteiger charge is -2.17. The number of likely N-dealkylation sites (tertiary alicyclic amines) is 1. The van der Waals surface area contributed by atoms with Crippen LogP contribution >= 0.6 is 12.4 Å². The Bertz CT molecular complexity index is 1480. The van der Waals surface area contributed by atoms with E-state index in [1.807, 2.05) is 44.2 Å². The highest BCUT2D eigenvalue weighted by molar-refractivity contribution is 5.97. The van der Waals surface area contributed by atoms with E-state index in [0.717, 1.165) is 28.4 Å². The number of hydrogen-bond acceptors (Lipinski definition) is 7. The van der Waals surface area contributed by atoms with E-state index in [9.17, 15) is 15.2 Å². The summed E-state index contributed by atoms with van der Waals surface area (Å²) in [5.74, 6) is 0.268. The molecular weight excluding hydrogens is 492 g/mol. The quantitative estimate of drug-likeness (QED) is 0.339. The van der Waals surface area contributed by atoms with Gasteiger partial charge in [0, 0.05) is 24.2 Å². The molecule has 3 aromatic carbocycles. The summed E-state index contributed by atoms with van der Waals surface area (Å²) in [7, 11) is 0. The zero-order valence-corrected chi connectivity index (χ0v) is 21.4. The van der Waals surface area contributed by atoms with Crippen LogP contribution in [0.1, 0.15) is 31.4 Å². The van der Waals surface area contributed by atoms with Crippen LogP contribution in [0.3, 0.4) is 0 Å². The number of nitrogens with zero attached hydrogens (tertiary/aromatic N) is 4. The van der Waals surface area contributed by atoms with Crippen molar-refractivity contribution in [3.8, 4) is 34.7 Å². The first-order valence-corrected chi connectivity index (χ1v) is 11.9. The first-order chi connectivity index (χ1) is 17.4. The highest BCUT2D eigenvalue weighted by Gasteiger charge is 2.28. The molecule has 1 saturated heterocycles. The largest absolute Gasteiger partial charge is 0.490 e. The summed E-state index contributed by atoms with van der Waals surface area (Å²) in [5, 5.41) is 25.2. The number of rotatable bonds is 7. The van der Waals surface area contributed by atoms with Crippen LogP contribution in [0.2, 0.25) is 0 Å². The van der Waals surface area contributed by atoms with Gasteiger partial charge < -0.3 is 14.4 Å². The van der Waals surface area contributed by atoms with E-state index in [0.29, 0.717) is 48.1 Å². The number of carboxylic acid groups (broad SMARTS) is 1. The Kier molecular flexibility index (Phi) is 7.77. The number of benzene rings is 3. The molecule has 1 fully saturated rings. The number of carboxylic acids is 1. The Morgan fingerprint density at radius 2 is 2.00 bits per heavy atom.